The molecule has 1 aliphatic rings. The van der Waals surface area contributed by atoms with Crippen LogP contribution in [0.1, 0.15) is 27.3 Å². The summed E-state index contributed by atoms with van der Waals surface area (Å²) in [5, 5.41) is 9.94. The summed E-state index contributed by atoms with van der Waals surface area (Å²) in [5.74, 6) is -0.0776. The van der Waals surface area contributed by atoms with Gasteiger partial charge in [-0.3, -0.25) is 9.89 Å². The number of rotatable bonds is 0. The number of aryl methyl sites for hydroxylation is 1. The second-order valence-corrected chi connectivity index (χ2v) is 3.96. The molecule has 0 fully saturated rings. The SMILES string of the molecule is Cc1[nH]nc2c1C(=O)Nc1ccccc1C2. The number of para-hydroxylation sites is 1. The van der Waals surface area contributed by atoms with E-state index in [1.54, 1.807) is 0 Å². The van der Waals surface area contributed by atoms with Crippen LogP contribution >= 0.6 is 0 Å². The van der Waals surface area contributed by atoms with E-state index in [4.69, 9.17) is 0 Å². The molecule has 0 bridgehead atoms. The van der Waals surface area contributed by atoms with Gasteiger partial charge in [0.1, 0.15) is 0 Å². The van der Waals surface area contributed by atoms with Crippen molar-refractivity contribution in [3.05, 3.63) is 46.8 Å². The van der Waals surface area contributed by atoms with E-state index < -0.39 is 0 Å². The minimum Gasteiger partial charge on any atom is -0.322 e. The number of hydrogen-bond donors (Lipinski definition) is 2. The van der Waals surface area contributed by atoms with Gasteiger partial charge >= 0.3 is 0 Å². The fourth-order valence-electron chi connectivity index (χ4n) is 2.07. The summed E-state index contributed by atoms with van der Waals surface area (Å²) < 4.78 is 0. The molecule has 0 radical (unpaired) electrons. The molecule has 4 nitrogen and oxygen atoms in total. The Bertz CT molecular complexity index is 571. The monoisotopic (exact) mass is 213 g/mol. The minimum absolute atomic E-state index is 0.0776. The van der Waals surface area contributed by atoms with E-state index in [9.17, 15) is 4.79 Å². The average Bonchev–Trinajstić information content (AvgIpc) is 2.56. The Morgan fingerprint density at radius 2 is 2.12 bits per heavy atom. The van der Waals surface area contributed by atoms with Crippen LogP contribution in [0.15, 0.2) is 24.3 Å². The maximum Gasteiger partial charge on any atom is 0.259 e. The Labute approximate surface area is 92.7 Å². The van der Waals surface area contributed by atoms with Gasteiger partial charge in [-0.25, -0.2) is 0 Å². The molecule has 3 rings (SSSR count). The molecular weight excluding hydrogens is 202 g/mol. The highest BCUT2D eigenvalue weighted by molar-refractivity contribution is 6.07. The zero-order chi connectivity index (χ0) is 11.1. The van der Waals surface area contributed by atoms with Crippen LogP contribution < -0.4 is 5.32 Å². The Hall–Kier alpha value is -2.10. The quantitative estimate of drug-likeness (QED) is 0.702. The van der Waals surface area contributed by atoms with Crippen molar-refractivity contribution in [1.29, 1.82) is 0 Å². The molecule has 2 N–H and O–H groups in total. The maximum atomic E-state index is 12.0. The lowest BCUT2D eigenvalue weighted by Gasteiger charge is -2.05. The van der Waals surface area contributed by atoms with Crippen molar-refractivity contribution in [2.24, 2.45) is 0 Å². The molecule has 0 spiro atoms. The molecule has 1 aliphatic heterocycles. The van der Waals surface area contributed by atoms with Crippen molar-refractivity contribution >= 4 is 11.6 Å². The summed E-state index contributed by atoms with van der Waals surface area (Å²) in [4.78, 5) is 12.0. The van der Waals surface area contributed by atoms with Crippen LogP contribution in [-0.4, -0.2) is 16.1 Å². The number of carbonyl (C=O) groups excluding carboxylic acids is 1. The van der Waals surface area contributed by atoms with E-state index in [0.29, 0.717) is 12.0 Å². The van der Waals surface area contributed by atoms with Crippen molar-refractivity contribution in [2.45, 2.75) is 13.3 Å². The molecule has 2 heterocycles. The smallest absolute Gasteiger partial charge is 0.259 e. The number of anilines is 1. The van der Waals surface area contributed by atoms with Crippen LogP contribution in [0.25, 0.3) is 0 Å². The number of carbonyl (C=O) groups is 1. The third kappa shape index (κ3) is 1.23. The molecule has 1 amide bonds. The zero-order valence-electron chi connectivity index (χ0n) is 8.87. The Kier molecular flexibility index (Phi) is 1.83. The van der Waals surface area contributed by atoms with Crippen molar-refractivity contribution in [3.8, 4) is 0 Å². The number of benzene rings is 1. The highest BCUT2D eigenvalue weighted by Crippen LogP contribution is 2.25. The molecule has 1 aromatic carbocycles. The number of nitrogens with one attached hydrogen (secondary N) is 2. The van der Waals surface area contributed by atoms with Crippen LogP contribution in [-0.2, 0) is 6.42 Å². The summed E-state index contributed by atoms with van der Waals surface area (Å²) in [5.41, 5.74) is 4.29. The van der Waals surface area contributed by atoms with Crippen LogP contribution in [0.2, 0.25) is 0 Å². The Morgan fingerprint density at radius 3 is 3.00 bits per heavy atom. The van der Waals surface area contributed by atoms with Gasteiger partial charge in [-0.15, -0.1) is 0 Å². The number of H-pyrrole nitrogens is 1. The molecule has 16 heavy (non-hydrogen) atoms. The van der Waals surface area contributed by atoms with Gasteiger partial charge in [-0.05, 0) is 18.6 Å². The molecular formula is C12H11N3O. The maximum absolute atomic E-state index is 12.0. The van der Waals surface area contributed by atoms with Gasteiger partial charge in [0.15, 0.2) is 0 Å². The van der Waals surface area contributed by atoms with Crippen molar-refractivity contribution in [1.82, 2.24) is 10.2 Å². The lowest BCUT2D eigenvalue weighted by molar-refractivity contribution is 0.102. The fraction of sp³-hybridized carbons (Fsp3) is 0.167. The van der Waals surface area contributed by atoms with E-state index in [1.807, 2.05) is 31.2 Å². The van der Waals surface area contributed by atoms with Gasteiger partial charge < -0.3 is 5.32 Å². The lowest BCUT2D eigenvalue weighted by Crippen LogP contribution is -2.12. The fourth-order valence-corrected chi connectivity index (χ4v) is 2.07. The molecule has 1 aromatic heterocycles. The second-order valence-electron chi connectivity index (χ2n) is 3.96. The summed E-state index contributed by atoms with van der Waals surface area (Å²) in [6.45, 7) is 1.86. The van der Waals surface area contributed by atoms with Crippen LogP contribution in [0.5, 0.6) is 0 Å². The summed E-state index contributed by atoms with van der Waals surface area (Å²) in [6, 6.07) is 7.81. The van der Waals surface area contributed by atoms with E-state index in [-0.39, 0.29) is 5.91 Å². The third-order valence-corrected chi connectivity index (χ3v) is 2.87. The van der Waals surface area contributed by atoms with Crippen molar-refractivity contribution in [3.63, 3.8) is 0 Å². The van der Waals surface area contributed by atoms with Gasteiger partial charge in [-0.2, -0.15) is 5.10 Å². The summed E-state index contributed by atoms with van der Waals surface area (Å²) in [6.07, 6.45) is 0.689. The van der Waals surface area contributed by atoms with E-state index in [1.165, 1.54) is 0 Å². The van der Waals surface area contributed by atoms with E-state index in [0.717, 1.165) is 22.6 Å². The predicted molar refractivity (Wildman–Crippen MR) is 60.5 cm³/mol. The van der Waals surface area contributed by atoms with Gasteiger partial charge in [0.25, 0.3) is 5.91 Å². The summed E-state index contributed by atoms with van der Waals surface area (Å²) >= 11 is 0. The number of hydrogen-bond acceptors (Lipinski definition) is 2. The Morgan fingerprint density at radius 1 is 1.31 bits per heavy atom. The molecule has 0 unspecified atom stereocenters. The molecule has 2 aromatic rings. The first-order valence-electron chi connectivity index (χ1n) is 5.19. The van der Waals surface area contributed by atoms with Gasteiger partial charge in [-0.1, -0.05) is 18.2 Å². The average molecular weight is 213 g/mol. The molecule has 80 valence electrons. The molecule has 4 heteroatoms. The number of fused-ring (bicyclic) bond motifs is 2. The van der Waals surface area contributed by atoms with E-state index in [2.05, 4.69) is 15.5 Å². The highest BCUT2D eigenvalue weighted by Gasteiger charge is 2.23. The van der Waals surface area contributed by atoms with Gasteiger partial charge in [0.05, 0.1) is 11.3 Å². The predicted octanol–water partition coefficient (Wildman–Crippen LogP) is 1.87. The minimum atomic E-state index is -0.0776. The first-order chi connectivity index (χ1) is 7.75. The number of nitrogens with zero attached hydrogens (tertiary/aromatic N) is 1. The second kappa shape index (κ2) is 3.20. The first-order valence-corrected chi connectivity index (χ1v) is 5.19. The molecule has 0 saturated heterocycles. The number of aromatic amines is 1. The third-order valence-electron chi connectivity index (χ3n) is 2.87. The van der Waals surface area contributed by atoms with Gasteiger partial charge in [0.2, 0.25) is 0 Å². The normalized spacial score (nSPS) is 13.7. The van der Waals surface area contributed by atoms with Crippen molar-refractivity contribution in [2.75, 3.05) is 5.32 Å². The van der Waals surface area contributed by atoms with E-state index >= 15 is 0 Å². The molecule has 0 saturated carbocycles. The van der Waals surface area contributed by atoms with Crippen LogP contribution in [0.4, 0.5) is 5.69 Å². The first kappa shape index (κ1) is 9.15. The largest absolute Gasteiger partial charge is 0.322 e. The zero-order valence-corrected chi connectivity index (χ0v) is 8.87. The topological polar surface area (TPSA) is 57.8 Å². The number of amides is 1. The van der Waals surface area contributed by atoms with Crippen LogP contribution in [0, 0.1) is 6.92 Å². The lowest BCUT2D eigenvalue weighted by atomic mass is 10.1. The van der Waals surface area contributed by atoms with Crippen molar-refractivity contribution < 1.29 is 4.79 Å². The van der Waals surface area contributed by atoms with Gasteiger partial charge in [0, 0.05) is 17.8 Å². The Balaban J connectivity index is 2.19. The van der Waals surface area contributed by atoms with Crippen LogP contribution in [0.3, 0.4) is 0 Å². The highest BCUT2D eigenvalue weighted by atomic mass is 16.1. The molecule has 0 atom stereocenters. The summed E-state index contributed by atoms with van der Waals surface area (Å²) in [7, 11) is 0. The standard InChI is InChI=1S/C12H11N3O/c1-7-11-10(15-14-7)6-8-4-2-3-5-9(8)13-12(11)16/h2-5H,6H2,1H3,(H,13,16)(H,14,15). The number of aromatic nitrogens is 2. The molecule has 0 aliphatic carbocycles.